The molecular formula is C15H20N2O4. The van der Waals surface area contributed by atoms with Crippen LogP contribution >= 0.6 is 0 Å². The van der Waals surface area contributed by atoms with Crippen LogP contribution in [0.1, 0.15) is 20.7 Å². The maximum Gasteiger partial charge on any atom is 0.339 e. The molecular weight excluding hydrogens is 272 g/mol. The van der Waals surface area contributed by atoms with E-state index in [1.807, 2.05) is 0 Å². The van der Waals surface area contributed by atoms with Crippen molar-refractivity contribution in [2.45, 2.75) is 0 Å². The molecule has 0 spiro atoms. The van der Waals surface area contributed by atoms with Gasteiger partial charge in [0.25, 0.3) is 0 Å². The molecule has 21 heavy (non-hydrogen) atoms. The third kappa shape index (κ3) is 3.80. The number of rotatable bonds is 5. The monoisotopic (exact) mass is 292 g/mol. The zero-order chi connectivity index (χ0) is 15.4. The first-order valence-electron chi connectivity index (χ1n) is 6.86. The fourth-order valence-electron chi connectivity index (χ4n) is 2.35. The molecule has 1 heterocycles. The number of benzene rings is 1. The Bertz CT molecular complexity index is 536. The minimum Gasteiger partial charge on any atom is -0.496 e. The van der Waals surface area contributed by atoms with E-state index in [-0.39, 0.29) is 17.1 Å². The molecule has 6 heteroatoms. The first kappa shape index (κ1) is 15.5. The van der Waals surface area contributed by atoms with Crippen molar-refractivity contribution in [3.8, 4) is 5.75 Å². The summed E-state index contributed by atoms with van der Waals surface area (Å²) in [4.78, 5) is 27.8. The van der Waals surface area contributed by atoms with Crippen LogP contribution in [0.5, 0.6) is 5.75 Å². The molecule has 1 aliphatic rings. The van der Waals surface area contributed by atoms with Gasteiger partial charge in [0.2, 0.25) is 0 Å². The number of Topliss-reactive ketones (excluding diaryl/α,β-unsaturated/α-hetero) is 1. The van der Waals surface area contributed by atoms with Crippen LogP contribution in [-0.2, 0) is 0 Å². The highest BCUT2D eigenvalue weighted by molar-refractivity contribution is 6.01. The van der Waals surface area contributed by atoms with Gasteiger partial charge in [0.15, 0.2) is 5.78 Å². The second kappa shape index (κ2) is 6.69. The third-order valence-electron chi connectivity index (χ3n) is 3.71. The molecule has 0 bridgehead atoms. The Labute approximate surface area is 123 Å². The second-order valence-corrected chi connectivity index (χ2v) is 5.22. The molecule has 1 aromatic rings. The van der Waals surface area contributed by atoms with E-state index in [0.29, 0.717) is 12.1 Å². The van der Waals surface area contributed by atoms with Gasteiger partial charge in [-0.25, -0.2) is 4.79 Å². The molecule has 1 fully saturated rings. The van der Waals surface area contributed by atoms with Crippen molar-refractivity contribution >= 4 is 11.8 Å². The van der Waals surface area contributed by atoms with E-state index >= 15 is 0 Å². The quantitative estimate of drug-likeness (QED) is 0.810. The van der Waals surface area contributed by atoms with Gasteiger partial charge in [0.05, 0.1) is 13.7 Å². The topological polar surface area (TPSA) is 70.1 Å². The SMILES string of the molecule is COc1ccc(C(=O)CN2CCN(C)CC2)cc1C(=O)O. The Morgan fingerprint density at radius 2 is 1.90 bits per heavy atom. The van der Waals surface area contributed by atoms with Crippen LogP contribution in [0, 0.1) is 0 Å². The van der Waals surface area contributed by atoms with E-state index in [1.54, 1.807) is 6.07 Å². The van der Waals surface area contributed by atoms with E-state index < -0.39 is 5.97 Å². The molecule has 0 aliphatic carbocycles. The predicted molar refractivity (Wildman–Crippen MR) is 78.2 cm³/mol. The van der Waals surface area contributed by atoms with Gasteiger partial charge in [0, 0.05) is 31.7 Å². The van der Waals surface area contributed by atoms with Crippen LogP contribution in [0.15, 0.2) is 18.2 Å². The van der Waals surface area contributed by atoms with Gasteiger partial charge in [-0.15, -0.1) is 0 Å². The Morgan fingerprint density at radius 3 is 2.48 bits per heavy atom. The zero-order valence-electron chi connectivity index (χ0n) is 12.3. The highest BCUT2D eigenvalue weighted by atomic mass is 16.5. The number of ether oxygens (including phenoxy) is 1. The lowest BCUT2D eigenvalue weighted by molar-refractivity contribution is 0.0693. The van der Waals surface area contributed by atoms with Gasteiger partial charge >= 0.3 is 5.97 Å². The maximum atomic E-state index is 12.3. The Morgan fingerprint density at radius 1 is 1.24 bits per heavy atom. The highest BCUT2D eigenvalue weighted by Gasteiger charge is 2.19. The number of carbonyl (C=O) groups is 2. The van der Waals surface area contributed by atoms with Crippen molar-refractivity contribution in [3.63, 3.8) is 0 Å². The molecule has 0 atom stereocenters. The van der Waals surface area contributed by atoms with Gasteiger partial charge in [-0.05, 0) is 25.2 Å². The van der Waals surface area contributed by atoms with Crippen LogP contribution in [0.3, 0.4) is 0 Å². The van der Waals surface area contributed by atoms with Gasteiger partial charge in [-0.2, -0.15) is 0 Å². The standard InChI is InChI=1S/C15H20N2O4/c1-16-5-7-17(8-6-16)10-13(18)11-3-4-14(21-2)12(9-11)15(19)20/h3-4,9H,5-8,10H2,1-2H3,(H,19,20). The number of carbonyl (C=O) groups excluding carboxylic acids is 1. The Hall–Kier alpha value is -1.92. The number of methoxy groups -OCH3 is 1. The van der Waals surface area contributed by atoms with Crippen molar-refractivity contribution in [1.82, 2.24) is 9.80 Å². The van der Waals surface area contributed by atoms with Crippen LogP contribution in [0.2, 0.25) is 0 Å². The fraction of sp³-hybridized carbons (Fsp3) is 0.467. The first-order valence-corrected chi connectivity index (χ1v) is 6.86. The third-order valence-corrected chi connectivity index (χ3v) is 3.71. The van der Waals surface area contributed by atoms with E-state index in [0.717, 1.165) is 26.2 Å². The molecule has 2 rings (SSSR count). The predicted octanol–water partition coefficient (Wildman–Crippen LogP) is 0.823. The van der Waals surface area contributed by atoms with Gasteiger partial charge in [0.1, 0.15) is 11.3 Å². The van der Waals surface area contributed by atoms with Crippen LogP contribution in [0.4, 0.5) is 0 Å². The normalized spacial score (nSPS) is 16.7. The lowest BCUT2D eigenvalue weighted by Gasteiger charge is -2.31. The Kier molecular flexibility index (Phi) is 4.93. The van der Waals surface area contributed by atoms with Crippen molar-refractivity contribution in [1.29, 1.82) is 0 Å². The van der Waals surface area contributed by atoms with E-state index in [9.17, 15) is 9.59 Å². The van der Waals surface area contributed by atoms with Crippen molar-refractivity contribution < 1.29 is 19.4 Å². The number of carboxylic acids is 1. The number of hydrogen-bond donors (Lipinski definition) is 1. The van der Waals surface area contributed by atoms with E-state index in [4.69, 9.17) is 9.84 Å². The number of carboxylic acid groups (broad SMARTS) is 1. The van der Waals surface area contributed by atoms with Crippen molar-refractivity contribution in [3.05, 3.63) is 29.3 Å². The summed E-state index contributed by atoms with van der Waals surface area (Å²) in [5.41, 5.74) is 0.425. The molecule has 1 saturated heterocycles. The maximum absolute atomic E-state index is 12.3. The highest BCUT2D eigenvalue weighted by Crippen LogP contribution is 2.20. The summed E-state index contributed by atoms with van der Waals surface area (Å²) in [5.74, 6) is -0.899. The van der Waals surface area contributed by atoms with E-state index in [1.165, 1.54) is 19.2 Å². The van der Waals surface area contributed by atoms with Crippen LogP contribution in [0.25, 0.3) is 0 Å². The lowest BCUT2D eigenvalue weighted by Crippen LogP contribution is -2.46. The summed E-state index contributed by atoms with van der Waals surface area (Å²) >= 11 is 0. The smallest absolute Gasteiger partial charge is 0.339 e. The summed E-state index contributed by atoms with van der Waals surface area (Å²) in [6.45, 7) is 3.90. The molecule has 1 aliphatic heterocycles. The molecule has 1 N–H and O–H groups in total. The lowest BCUT2D eigenvalue weighted by atomic mass is 10.1. The summed E-state index contributed by atoms with van der Waals surface area (Å²) in [7, 11) is 3.47. The number of likely N-dealkylation sites (N-methyl/N-ethyl adjacent to an activating group) is 1. The van der Waals surface area contributed by atoms with Gasteiger partial charge in [-0.1, -0.05) is 0 Å². The summed E-state index contributed by atoms with van der Waals surface area (Å²) in [6.07, 6.45) is 0. The number of hydrogen-bond acceptors (Lipinski definition) is 5. The molecule has 1 aromatic carbocycles. The first-order chi connectivity index (χ1) is 10.0. The molecule has 114 valence electrons. The average Bonchev–Trinajstić information content (AvgIpc) is 2.48. The summed E-state index contributed by atoms with van der Waals surface area (Å²) < 4.78 is 5.00. The Balaban J connectivity index is 2.09. The van der Waals surface area contributed by atoms with Crippen molar-refractivity contribution in [2.75, 3.05) is 46.9 Å². The molecule has 6 nitrogen and oxygen atoms in total. The molecule has 0 unspecified atom stereocenters. The molecule has 0 radical (unpaired) electrons. The summed E-state index contributed by atoms with van der Waals surface area (Å²) in [6, 6.07) is 4.53. The summed E-state index contributed by atoms with van der Waals surface area (Å²) in [5, 5.41) is 9.15. The number of ketones is 1. The second-order valence-electron chi connectivity index (χ2n) is 5.22. The van der Waals surface area contributed by atoms with Gasteiger partial charge < -0.3 is 14.7 Å². The zero-order valence-corrected chi connectivity index (χ0v) is 12.3. The van der Waals surface area contributed by atoms with Crippen molar-refractivity contribution in [2.24, 2.45) is 0 Å². The minimum absolute atomic E-state index is 0.0155. The molecule has 0 aromatic heterocycles. The molecule has 0 saturated carbocycles. The largest absolute Gasteiger partial charge is 0.496 e. The number of nitrogens with zero attached hydrogens (tertiary/aromatic N) is 2. The van der Waals surface area contributed by atoms with Crippen LogP contribution in [-0.4, -0.2) is 73.5 Å². The minimum atomic E-state index is -1.10. The van der Waals surface area contributed by atoms with Gasteiger partial charge in [-0.3, -0.25) is 9.69 Å². The number of aromatic carboxylic acids is 1. The number of piperazine rings is 1. The fourth-order valence-corrected chi connectivity index (χ4v) is 2.35. The van der Waals surface area contributed by atoms with Crippen LogP contribution < -0.4 is 4.74 Å². The molecule has 0 amide bonds. The van der Waals surface area contributed by atoms with E-state index in [2.05, 4.69) is 16.8 Å². The average molecular weight is 292 g/mol.